The Morgan fingerprint density at radius 1 is 1.13 bits per heavy atom. The molecule has 116 valence electrons. The molecular weight excluding hydrogens is 326 g/mol. The highest BCUT2D eigenvalue weighted by atomic mass is 35.5. The first-order valence-corrected chi connectivity index (χ1v) is 6.90. The maximum atomic E-state index is 13.7. The second-order valence-electron chi connectivity index (χ2n) is 4.67. The van der Waals surface area contributed by atoms with Gasteiger partial charge in [0, 0.05) is 16.7 Å². The van der Waals surface area contributed by atoms with Crippen LogP contribution in [0.25, 0.3) is 11.3 Å². The van der Waals surface area contributed by atoms with Crippen LogP contribution >= 0.6 is 11.6 Å². The molecule has 0 spiro atoms. The van der Waals surface area contributed by atoms with E-state index in [-0.39, 0.29) is 16.5 Å². The van der Waals surface area contributed by atoms with Crippen LogP contribution in [0.5, 0.6) is 0 Å². The van der Waals surface area contributed by atoms with E-state index >= 15 is 0 Å². The van der Waals surface area contributed by atoms with Crippen LogP contribution in [0.15, 0.2) is 53.1 Å². The van der Waals surface area contributed by atoms with E-state index in [2.05, 4.69) is 10.5 Å². The van der Waals surface area contributed by atoms with Crippen molar-refractivity contribution in [2.75, 3.05) is 5.32 Å². The lowest BCUT2D eigenvalue weighted by molar-refractivity contribution is 0.0987. The van der Waals surface area contributed by atoms with E-state index in [1.54, 1.807) is 6.07 Å². The lowest BCUT2D eigenvalue weighted by Crippen LogP contribution is -2.12. The number of hydrogen-bond donors (Lipinski definition) is 1. The molecule has 0 aliphatic carbocycles. The molecule has 1 amide bonds. The van der Waals surface area contributed by atoms with E-state index in [1.165, 1.54) is 36.4 Å². The van der Waals surface area contributed by atoms with E-state index in [0.29, 0.717) is 11.3 Å². The van der Waals surface area contributed by atoms with Gasteiger partial charge < -0.3 is 9.84 Å². The molecule has 0 saturated carbocycles. The SMILES string of the molecule is O=C(Nc1ccc(Cl)cc1F)c1cc(-c2cccc(F)c2)no1. The van der Waals surface area contributed by atoms with Crippen LogP contribution in [0.4, 0.5) is 14.5 Å². The lowest BCUT2D eigenvalue weighted by atomic mass is 10.1. The molecule has 0 fully saturated rings. The van der Waals surface area contributed by atoms with Gasteiger partial charge in [-0.1, -0.05) is 28.9 Å². The Morgan fingerprint density at radius 3 is 2.70 bits per heavy atom. The topological polar surface area (TPSA) is 55.1 Å². The maximum absolute atomic E-state index is 13.7. The molecule has 4 nitrogen and oxygen atoms in total. The predicted octanol–water partition coefficient (Wildman–Crippen LogP) is 4.53. The number of nitrogens with one attached hydrogen (secondary N) is 1. The molecule has 0 saturated heterocycles. The van der Waals surface area contributed by atoms with Crippen LogP contribution in [0, 0.1) is 11.6 Å². The summed E-state index contributed by atoms with van der Waals surface area (Å²) in [5.41, 5.74) is 0.722. The van der Waals surface area contributed by atoms with Crippen molar-refractivity contribution in [3.8, 4) is 11.3 Å². The Labute approximate surface area is 134 Å². The molecule has 7 heteroatoms. The highest BCUT2D eigenvalue weighted by Crippen LogP contribution is 2.22. The molecule has 3 aromatic rings. The number of nitrogens with zero attached hydrogens (tertiary/aromatic N) is 1. The second kappa shape index (κ2) is 6.18. The van der Waals surface area contributed by atoms with E-state index in [4.69, 9.17) is 16.1 Å². The van der Waals surface area contributed by atoms with Gasteiger partial charge in [0.25, 0.3) is 5.91 Å². The van der Waals surface area contributed by atoms with Crippen LogP contribution < -0.4 is 5.32 Å². The number of hydrogen-bond acceptors (Lipinski definition) is 3. The first-order valence-electron chi connectivity index (χ1n) is 6.52. The maximum Gasteiger partial charge on any atom is 0.294 e. The minimum atomic E-state index is -0.679. The minimum Gasteiger partial charge on any atom is -0.350 e. The fourth-order valence-electron chi connectivity index (χ4n) is 1.94. The monoisotopic (exact) mass is 334 g/mol. The summed E-state index contributed by atoms with van der Waals surface area (Å²) in [6.07, 6.45) is 0. The number of amides is 1. The van der Waals surface area contributed by atoms with Crippen LogP contribution in [0.3, 0.4) is 0 Å². The van der Waals surface area contributed by atoms with Gasteiger partial charge in [0.15, 0.2) is 0 Å². The number of benzene rings is 2. The first-order chi connectivity index (χ1) is 11.0. The van der Waals surface area contributed by atoms with Gasteiger partial charge in [-0.15, -0.1) is 0 Å². The van der Waals surface area contributed by atoms with Gasteiger partial charge >= 0.3 is 0 Å². The molecule has 2 aromatic carbocycles. The second-order valence-corrected chi connectivity index (χ2v) is 5.10. The highest BCUT2D eigenvalue weighted by Gasteiger charge is 2.16. The van der Waals surface area contributed by atoms with E-state index < -0.39 is 17.5 Å². The Bertz CT molecular complexity index is 880. The average Bonchev–Trinajstić information content (AvgIpc) is 3.00. The third kappa shape index (κ3) is 3.37. The molecule has 0 aliphatic heterocycles. The van der Waals surface area contributed by atoms with Crippen LogP contribution in [-0.2, 0) is 0 Å². The van der Waals surface area contributed by atoms with E-state index in [9.17, 15) is 13.6 Å². The Hall–Kier alpha value is -2.73. The molecule has 0 atom stereocenters. The largest absolute Gasteiger partial charge is 0.350 e. The van der Waals surface area contributed by atoms with E-state index in [1.807, 2.05) is 0 Å². The highest BCUT2D eigenvalue weighted by molar-refractivity contribution is 6.30. The van der Waals surface area contributed by atoms with Gasteiger partial charge in [-0.05, 0) is 30.3 Å². The van der Waals surface area contributed by atoms with E-state index in [0.717, 1.165) is 6.07 Å². The zero-order chi connectivity index (χ0) is 16.4. The molecular formula is C16H9ClF2N2O2. The fourth-order valence-corrected chi connectivity index (χ4v) is 2.10. The summed E-state index contributed by atoms with van der Waals surface area (Å²) in [6, 6.07) is 10.9. The van der Waals surface area contributed by atoms with Crippen molar-refractivity contribution in [3.05, 3.63) is 70.9 Å². The van der Waals surface area contributed by atoms with Gasteiger partial charge in [0.1, 0.15) is 17.3 Å². The number of rotatable bonds is 3. The summed E-state index contributed by atoms with van der Waals surface area (Å²) in [5.74, 6) is -1.91. The lowest BCUT2D eigenvalue weighted by Gasteiger charge is -2.04. The molecule has 3 rings (SSSR count). The average molecular weight is 335 g/mol. The summed E-state index contributed by atoms with van der Waals surface area (Å²) in [7, 11) is 0. The van der Waals surface area contributed by atoms with Crippen molar-refractivity contribution in [1.29, 1.82) is 0 Å². The van der Waals surface area contributed by atoms with Crippen molar-refractivity contribution < 1.29 is 18.1 Å². The molecule has 23 heavy (non-hydrogen) atoms. The van der Waals surface area contributed by atoms with Gasteiger partial charge in [0.2, 0.25) is 5.76 Å². The fraction of sp³-hybridized carbons (Fsp3) is 0. The van der Waals surface area contributed by atoms with Gasteiger partial charge in [-0.2, -0.15) is 0 Å². The smallest absolute Gasteiger partial charge is 0.294 e. The Balaban J connectivity index is 1.81. The van der Waals surface area contributed by atoms with Crippen LogP contribution in [0.1, 0.15) is 10.6 Å². The van der Waals surface area contributed by atoms with Crippen molar-refractivity contribution in [1.82, 2.24) is 5.16 Å². The summed E-state index contributed by atoms with van der Waals surface area (Å²) in [6.45, 7) is 0. The zero-order valence-electron chi connectivity index (χ0n) is 11.5. The van der Waals surface area contributed by atoms with Crippen molar-refractivity contribution in [2.45, 2.75) is 0 Å². The third-order valence-corrected chi connectivity index (χ3v) is 3.27. The molecule has 1 N–H and O–H groups in total. The Kier molecular flexibility index (Phi) is 4.08. The molecule has 0 radical (unpaired) electrons. The minimum absolute atomic E-state index is 0.0388. The molecule has 0 unspecified atom stereocenters. The Morgan fingerprint density at radius 2 is 1.96 bits per heavy atom. The number of halogens is 3. The van der Waals surface area contributed by atoms with Gasteiger partial charge in [0.05, 0.1) is 5.69 Å². The predicted molar refractivity (Wildman–Crippen MR) is 81.3 cm³/mol. The summed E-state index contributed by atoms with van der Waals surface area (Å²) in [4.78, 5) is 12.0. The summed E-state index contributed by atoms with van der Waals surface area (Å²) < 4.78 is 31.8. The van der Waals surface area contributed by atoms with Gasteiger partial charge in [-0.3, -0.25) is 4.79 Å². The number of carbonyl (C=O) groups excluding carboxylic acids is 1. The summed E-state index contributed by atoms with van der Waals surface area (Å²) >= 11 is 5.64. The molecule has 0 aliphatic rings. The summed E-state index contributed by atoms with van der Waals surface area (Å²) in [5, 5.41) is 6.28. The number of aromatic nitrogens is 1. The molecule has 1 aromatic heterocycles. The molecule has 1 heterocycles. The normalized spacial score (nSPS) is 10.6. The number of carbonyl (C=O) groups is 1. The standard InChI is InChI=1S/C16H9ClF2N2O2/c17-10-4-5-13(12(19)7-10)20-16(22)15-8-14(21-23-15)9-2-1-3-11(18)6-9/h1-8H,(H,20,22). The van der Waals surface area contributed by atoms with Crippen LogP contribution in [-0.4, -0.2) is 11.1 Å². The third-order valence-electron chi connectivity index (χ3n) is 3.03. The van der Waals surface area contributed by atoms with Gasteiger partial charge in [-0.25, -0.2) is 8.78 Å². The molecule has 0 bridgehead atoms. The zero-order valence-corrected chi connectivity index (χ0v) is 12.3. The quantitative estimate of drug-likeness (QED) is 0.766. The van der Waals surface area contributed by atoms with Crippen molar-refractivity contribution in [3.63, 3.8) is 0 Å². The van der Waals surface area contributed by atoms with Crippen molar-refractivity contribution in [2.24, 2.45) is 0 Å². The number of anilines is 1. The van der Waals surface area contributed by atoms with Crippen molar-refractivity contribution >= 4 is 23.2 Å². The first kappa shape index (κ1) is 15.2. The van der Waals surface area contributed by atoms with Crippen LogP contribution in [0.2, 0.25) is 5.02 Å².